The molecule has 0 spiro atoms. The van der Waals surface area contributed by atoms with Crippen molar-refractivity contribution in [3.8, 4) is 5.75 Å². The molecule has 0 radical (unpaired) electrons. The first-order valence-electron chi connectivity index (χ1n) is 6.30. The topological polar surface area (TPSA) is 61.3 Å². The smallest absolute Gasteiger partial charge is 0.165 e. The minimum absolute atomic E-state index is 0.158. The second-order valence-electron chi connectivity index (χ2n) is 5.13. The van der Waals surface area contributed by atoms with Gasteiger partial charge >= 0.3 is 0 Å². The molecule has 1 unspecified atom stereocenters. The molecule has 3 nitrogen and oxygen atoms in total. The number of hydrogen-bond donors (Lipinski definition) is 2. The third-order valence-electron chi connectivity index (χ3n) is 3.25. The molecule has 0 saturated carbocycles. The first-order valence-corrected chi connectivity index (χ1v) is 6.30. The summed E-state index contributed by atoms with van der Waals surface area (Å²) in [6.07, 6.45) is 0.795. The summed E-state index contributed by atoms with van der Waals surface area (Å²) in [7, 11) is 0. The zero-order valence-corrected chi connectivity index (χ0v) is 11.4. The SMILES string of the molecule is CCOc1ccc(C(N)C(C)(C)CCN)cc1F. The average Bonchev–Trinajstić information content (AvgIpc) is 2.31. The van der Waals surface area contributed by atoms with Crippen LogP contribution in [-0.4, -0.2) is 13.2 Å². The van der Waals surface area contributed by atoms with E-state index in [0.717, 1.165) is 12.0 Å². The highest BCUT2D eigenvalue weighted by atomic mass is 19.1. The van der Waals surface area contributed by atoms with Crippen LogP contribution in [0.2, 0.25) is 0 Å². The molecule has 1 aromatic rings. The second-order valence-corrected chi connectivity index (χ2v) is 5.13. The van der Waals surface area contributed by atoms with E-state index in [2.05, 4.69) is 0 Å². The largest absolute Gasteiger partial charge is 0.491 e. The average molecular weight is 254 g/mol. The summed E-state index contributed by atoms with van der Waals surface area (Å²) < 4.78 is 18.9. The first-order chi connectivity index (χ1) is 8.42. The van der Waals surface area contributed by atoms with E-state index in [9.17, 15) is 4.39 Å². The van der Waals surface area contributed by atoms with E-state index in [0.29, 0.717) is 13.2 Å². The summed E-state index contributed by atoms with van der Waals surface area (Å²) in [5.74, 6) is -0.0987. The molecular weight excluding hydrogens is 231 g/mol. The maximum atomic E-state index is 13.8. The van der Waals surface area contributed by atoms with E-state index >= 15 is 0 Å². The number of hydrogen-bond acceptors (Lipinski definition) is 3. The zero-order valence-electron chi connectivity index (χ0n) is 11.4. The van der Waals surface area contributed by atoms with Gasteiger partial charge in [-0.2, -0.15) is 0 Å². The van der Waals surface area contributed by atoms with Gasteiger partial charge in [0.2, 0.25) is 0 Å². The normalized spacial score (nSPS) is 13.4. The highest BCUT2D eigenvalue weighted by molar-refractivity contribution is 5.31. The van der Waals surface area contributed by atoms with E-state index in [1.54, 1.807) is 6.07 Å². The Morgan fingerprint density at radius 1 is 1.39 bits per heavy atom. The molecular formula is C14H23FN2O. The third kappa shape index (κ3) is 3.43. The van der Waals surface area contributed by atoms with Crippen LogP contribution in [0.15, 0.2) is 18.2 Å². The lowest BCUT2D eigenvalue weighted by molar-refractivity contribution is 0.269. The van der Waals surface area contributed by atoms with Crippen molar-refractivity contribution in [2.24, 2.45) is 16.9 Å². The molecule has 1 rings (SSSR count). The fourth-order valence-corrected chi connectivity index (χ4v) is 1.96. The van der Waals surface area contributed by atoms with Gasteiger partial charge in [-0.1, -0.05) is 19.9 Å². The minimum atomic E-state index is -0.367. The highest BCUT2D eigenvalue weighted by Gasteiger charge is 2.27. The summed E-state index contributed by atoms with van der Waals surface area (Å²) in [5.41, 5.74) is 12.4. The predicted octanol–water partition coefficient (Wildman–Crippen LogP) is 2.60. The van der Waals surface area contributed by atoms with E-state index in [4.69, 9.17) is 16.2 Å². The number of ether oxygens (including phenoxy) is 1. The molecule has 0 amide bonds. The van der Waals surface area contributed by atoms with Crippen molar-refractivity contribution in [3.63, 3.8) is 0 Å². The molecule has 0 aromatic heterocycles. The Labute approximate surface area is 108 Å². The summed E-state index contributed by atoms with van der Waals surface area (Å²) in [6.45, 7) is 6.92. The van der Waals surface area contributed by atoms with Crippen LogP contribution >= 0.6 is 0 Å². The van der Waals surface area contributed by atoms with Crippen LogP contribution in [-0.2, 0) is 0 Å². The Kier molecular flexibility index (Phi) is 5.11. The summed E-state index contributed by atoms with van der Waals surface area (Å²) in [5, 5.41) is 0. The van der Waals surface area contributed by atoms with Gasteiger partial charge in [0.25, 0.3) is 0 Å². The lowest BCUT2D eigenvalue weighted by Crippen LogP contribution is -2.31. The fourth-order valence-electron chi connectivity index (χ4n) is 1.96. The quantitative estimate of drug-likeness (QED) is 0.820. The summed E-state index contributed by atoms with van der Waals surface area (Å²) in [4.78, 5) is 0. The zero-order chi connectivity index (χ0) is 13.8. The lowest BCUT2D eigenvalue weighted by Gasteiger charge is -2.31. The van der Waals surface area contributed by atoms with Gasteiger partial charge in [0.05, 0.1) is 6.61 Å². The van der Waals surface area contributed by atoms with Crippen LogP contribution in [0.25, 0.3) is 0 Å². The molecule has 0 fully saturated rings. The molecule has 0 aliphatic rings. The van der Waals surface area contributed by atoms with Gasteiger partial charge in [0, 0.05) is 6.04 Å². The van der Waals surface area contributed by atoms with Gasteiger partial charge in [-0.3, -0.25) is 0 Å². The van der Waals surface area contributed by atoms with Crippen LogP contribution in [0.4, 0.5) is 4.39 Å². The Balaban J connectivity index is 2.93. The van der Waals surface area contributed by atoms with Crippen molar-refractivity contribution in [2.75, 3.05) is 13.2 Å². The van der Waals surface area contributed by atoms with E-state index < -0.39 is 0 Å². The predicted molar refractivity (Wildman–Crippen MR) is 71.9 cm³/mol. The standard InChI is InChI=1S/C14H23FN2O/c1-4-18-12-6-5-10(9-11(12)15)13(17)14(2,3)7-8-16/h5-6,9,13H,4,7-8,16-17H2,1-3H3. The lowest BCUT2D eigenvalue weighted by atomic mass is 9.78. The third-order valence-corrected chi connectivity index (χ3v) is 3.25. The Bertz CT molecular complexity index is 393. The molecule has 4 heteroatoms. The Morgan fingerprint density at radius 3 is 2.56 bits per heavy atom. The van der Waals surface area contributed by atoms with Crippen molar-refractivity contribution >= 4 is 0 Å². The minimum Gasteiger partial charge on any atom is -0.491 e. The van der Waals surface area contributed by atoms with Crippen LogP contribution in [0.3, 0.4) is 0 Å². The van der Waals surface area contributed by atoms with Crippen LogP contribution in [0.1, 0.15) is 38.8 Å². The number of nitrogens with two attached hydrogens (primary N) is 2. The fraction of sp³-hybridized carbons (Fsp3) is 0.571. The van der Waals surface area contributed by atoms with Gasteiger partial charge in [-0.05, 0) is 43.0 Å². The van der Waals surface area contributed by atoms with Crippen molar-refractivity contribution in [1.82, 2.24) is 0 Å². The molecule has 0 bridgehead atoms. The van der Waals surface area contributed by atoms with E-state index in [-0.39, 0.29) is 23.0 Å². The molecule has 1 atom stereocenters. The van der Waals surface area contributed by atoms with Gasteiger partial charge < -0.3 is 16.2 Å². The van der Waals surface area contributed by atoms with Crippen molar-refractivity contribution < 1.29 is 9.13 Å². The first kappa shape index (κ1) is 14.9. The second kappa shape index (κ2) is 6.16. The van der Waals surface area contributed by atoms with Crippen molar-refractivity contribution in [2.45, 2.75) is 33.2 Å². The van der Waals surface area contributed by atoms with Crippen LogP contribution in [0.5, 0.6) is 5.75 Å². The van der Waals surface area contributed by atoms with Gasteiger partial charge in [-0.15, -0.1) is 0 Å². The Hall–Kier alpha value is -1.13. The van der Waals surface area contributed by atoms with E-state index in [1.807, 2.05) is 26.8 Å². The van der Waals surface area contributed by atoms with Crippen LogP contribution in [0, 0.1) is 11.2 Å². The maximum absolute atomic E-state index is 13.8. The highest BCUT2D eigenvalue weighted by Crippen LogP contribution is 2.35. The number of halogens is 1. The molecule has 1 aromatic carbocycles. The van der Waals surface area contributed by atoms with Crippen LogP contribution < -0.4 is 16.2 Å². The number of benzene rings is 1. The van der Waals surface area contributed by atoms with Gasteiger partial charge in [0.15, 0.2) is 11.6 Å². The Morgan fingerprint density at radius 2 is 2.06 bits per heavy atom. The summed E-state index contributed by atoms with van der Waals surface area (Å²) in [6, 6.07) is 4.66. The van der Waals surface area contributed by atoms with Gasteiger partial charge in [0.1, 0.15) is 0 Å². The number of rotatable bonds is 6. The monoisotopic (exact) mass is 254 g/mol. The van der Waals surface area contributed by atoms with E-state index in [1.165, 1.54) is 6.07 Å². The van der Waals surface area contributed by atoms with Gasteiger partial charge in [-0.25, -0.2) is 4.39 Å². The molecule has 0 aliphatic carbocycles. The molecule has 102 valence electrons. The van der Waals surface area contributed by atoms with Crippen molar-refractivity contribution in [3.05, 3.63) is 29.6 Å². The molecule has 0 aliphatic heterocycles. The van der Waals surface area contributed by atoms with Crippen molar-refractivity contribution in [1.29, 1.82) is 0 Å². The molecule has 0 heterocycles. The molecule has 18 heavy (non-hydrogen) atoms. The molecule has 0 saturated heterocycles. The summed E-state index contributed by atoms with van der Waals surface area (Å²) >= 11 is 0. The molecule has 4 N–H and O–H groups in total. The maximum Gasteiger partial charge on any atom is 0.165 e.